The van der Waals surface area contributed by atoms with Gasteiger partial charge < -0.3 is 0 Å². The Labute approximate surface area is 124 Å². The van der Waals surface area contributed by atoms with Gasteiger partial charge in [0.15, 0.2) is 7.57 Å². The Morgan fingerprint density at radius 1 is 0.900 bits per heavy atom. The molecule has 1 nitrogen and oxygen atoms in total. The van der Waals surface area contributed by atoms with Crippen LogP contribution in [0.15, 0.2) is 60.7 Å². The molecule has 3 heteroatoms. The van der Waals surface area contributed by atoms with Crippen molar-refractivity contribution in [1.29, 1.82) is 0 Å². The Hall–Kier alpha value is -1.11. The molecule has 2 aromatic rings. The summed E-state index contributed by atoms with van der Waals surface area (Å²) in [6, 6.07) is 21.9. The van der Waals surface area contributed by atoms with Crippen molar-refractivity contribution < 1.29 is 0 Å². The lowest BCUT2D eigenvalue weighted by molar-refractivity contribution is 0.761. The van der Waals surface area contributed by atoms with E-state index in [1.165, 1.54) is 5.56 Å². The Morgan fingerprint density at radius 2 is 1.40 bits per heavy atom. The molecule has 0 heterocycles. The van der Waals surface area contributed by atoms with Crippen LogP contribution in [-0.4, -0.2) is 12.7 Å². The molecule has 1 N–H and O–H groups in total. The number of nitrogens with one attached hydrogen (secondary N) is 1. The zero-order valence-electron chi connectivity index (χ0n) is 11.9. The first kappa shape index (κ1) is 15.3. The van der Waals surface area contributed by atoms with Crippen molar-refractivity contribution in [1.82, 2.24) is 5.09 Å². The van der Waals surface area contributed by atoms with E-state index >= 15 is 0 Å². The minimum atomic E-state index is -1.17. The lowest BCUT2D eigenvalue weighted by Crippen LogP contribution is -2.37. The number of benzene rings is 2. The summed E-state index contributed by atoms with van der Waals surface area (Å²) >= 11 is 0. The van der Waals surface area contributed by atoms with Crippen LogP contribution in [0.4, 0.5) is 0 Å². The van der Waals surface area contributed by atoms with Gasteiger partial charge >= 0.3 is 0 Å². The fourth-order valence-corrected chi connectivity index (χ4v) is 4.30. The van der Waals surface area contributed by atoms with Crippen LogP contribution in [0, 0.1) is 0 Å². The zero-order chi connectivity index (χ0) is 14.6. The van der Waals surface area contributed by atoms with E-state index in [1.54, 1.807) is 5.30 Å². The SMILES string of the molecule is [BH3-][P+](NCc1ccccc1)(c1ccccc1)C(C)(C)C. The second kappa shape index (κ2) is 6.12. The summed E-state index contributed by atoms with van der Waals surface area (Å²) in [6.07, 6.45) is 0. The second-order valence-electron chi connectivity index (χ2n) is 5.66. The highest BCUT2D eigenvalue weighted by Gasteiger charge is 2.40. The largest absolute Gasteiger partial charge is 0.227 e. The van der Waals surface area contributed by atoms with Gasteiger partial charge in [-0.25, -0.2) is 5.09 Å². The van der Waals surface area contributed by atoms with Gasteiger partial charge in [-0.3, -0.25) is 0 Å². The van der Waals surface area contributed by atoms with Crippen LogP contribution in [0.3, 0.4) is 0 Å². The maximum absolute atomic E-state index is 3.99. The first-order valence-corrected chi connectivity index (χ1v) is 8.04. The molecule has 0 aromatic heterocycles. The molecule has 1 atom stereocenters. The molecule has 0 bridgehead atoms. The van der Waals surface area contributed by atoms with E-state index in [-0.39, 0.29) is 7.57 Å². The van der Waals surface area contributed by atoms with E-state index in [2.05, 4.69) is 86.5 Å². The van der Waals surface area contributed by atoms with Crippen LogP contribution in [0.2, 0.25) is 0 Å². The quantitative estimate of drug-likeness (QED) is 0.672. The normalized spacial score (nSPS) is 14.8. The number of hydrogen-bond donors (Lipinski definition) is 1. The van der Waals surface area contributed by atoms with Gasteiger partial charge in [0, 0.05) is 0 Å². The van der Waals surface area contributed by atoms with E-state index in [0.29, 0.717) is 5.16 Å². The molecule has 0 fully saturated rings. The van der Waals surface area contributed by atoms with Gasteiger partial charge in [0.2, 0.25) is 0 Å². The highest BCUT2D eigenvalue weighted by molar-refractivity contribution is 8.02. The highest BCUT2D eigenvalue weighted by Crippen LogP contribution is 2.60. The smallest absolute Gasteiger partial charge is 0.151 e. The first-order chi connectivity index (χ1) is 9.43. The summed E-state index contributed by atoms with van der Waals surface area (Å²) in [5.74, 6) is 0. The molecule has 1 unspecified atom stereocenters. The molecule has 2 rings (SSSR count). The highest BCUT2D eigenvalue weighted by atomic mass is 31.2. The molecule has 0 saturated heterocycles. The Kier molecular flexibility index (Phi) is 4.68. The third kappa shape index (κ3) is 3.31. The fourth-order valence-electron chi connectivity index (χ4n) is 2.06. The third-order valence-electron chi connectivity index (χ3n) is 2.97. The average molecular weight is 285 g/mol. The monoisotopic (exact) mass is 285 g/mol. The zero-order valence-corrected chi connectivity index (χ0v) is 12.8. The molecular weight excluding hydrogens is 260 g/mol. The van der Waals surface area contributed by atoms with Gasteiger partial charge in [0.1, 0.15) is 0 Å². The van der Waals surface area contributed by atoms with Gasteiger partial charge in [-0.1, -0.05) is 55.8 Å². The van der Waals surface area contributed by atoms with E-state index in [0.717, 1.165) is 6.54 Å². The van der Waals surface area contributed by atoms with Gasteiger partial charge in [0.25, 0.3) is 0 Å². The van der Waals surface area contributed by atoms with Crippen LogP contribution in [-0.2, 0) is 6.54 Å². The lowest BCUT2D eigenvalue weighted by Gasteiger charge is -2.42. The minimum Gasteiger partial charge on any atom is -0.227 e. The summed E-state index contributed by atoms with van der Waals surface area (Å²) in [7, 11) is -0.981. The molecule has 106 valence electrons. The van der Waals surface area contributed by atoms with Crippen LogP contribution in [0.25, 0.3) is 0 Å². The molecular formula is C17H25BNP. The minimum absolute atomic E-state index is 0.190. The van der Waals surface area contributed by atoms with Crippen LogP contribution in [0.5, 0.6) is 0 Å². The Bertz CT molecular complexity index is 536. The standard InChI is InChI=1S/C17H25BNP/c1-17(2,3)20(18,16-12-8-5-9-13-16)19-14-15-10-6-4-7-11-15/h4-13,19H,14H2,1-3,18H3. The average Bonchev–Trinajstić information content (AvgIpc) is 2.45. The molecule has 0 aliphatic rings. The van der Waals surface area contributed by atoms with Gasteiger partial charge in [0.05, 0.1) is 17.0 Å². The summed E-state index contributed by atoms with van der Waals surface area (Å²) in [5.41, 5.74) is 1.39. The molecule has 0 amide bonds. The topological polar surface area (TPSA) is 12.0 Å². The molecule has 20 heavy (non-hydrogen) atoms. The van der Waals surface area contributed by atoms with Crippen LogP contribution < -0.4 is 10.4 Å². The molecule has 2 aromatic carbocycles. The second-order valence-corrected chi connectivity index (χ2v) is 8.51. The number of rotatable bonds is 4. The third-order valence-corrected chi connectivity index (χ3v) is 5.60. The molecule has 0 saturated carbocycles. The molecule has 0 spiro atoms. The predicted molar refractivity (Wildman–Crippen MR) is 96.0 cm³/mol. The predicted octanol–water partition coefficient (Wildman–Crippen LogP) is 3.11. The van der Waals surface area contributed by atoms with Crippen molar-refractivity contribution >= 4 is 20.2 Å². The summed E-state index contributed by atoms with van der Waals surface area (Å²) < 4.78 is 0. The van der Waals surface area contributed by atoms with Crippen molar-refractivity contribution in [2.24, 2.45) is 0 Å². The summed E-state index contributed by atoms with van der Waals surface area (Å²) in [6.45, 7) is 8.20. The van der Waals surface area contributed by atoms with Crippen LogP contribution >= 0.6 is 7.29 Å². The lowest BCUT2D eigenvalue weighted by atomic mass is 10.2. The molecule has 0 aliphatic heterocycles. The van der Waals surface area contributed by atoms with E-state index in [4.69, 9.17) is 0 Å². The molecule has 0 radical (unpaired) electrons. The Balaban J connectivity index is 2.25. The maximum atomic E-state index is 3.99. The van der Waals surface area contributed by atoms with E-state index in [1.807, 2.05) is 0 Å². The van der Waals surface area contributed by atoms with Crippen LogP contribution in [0.1, 0.15) is 26.3 Å². The van der Waals surface area contributed by atoms with Crippen molar-refractivity contribution in [3.05, 3.63) is 66.2 Å². The molecule has 0 aliphatic carbocycles. The van der Waals surface area contributed by atoms with Gasteiger partial charge in [-0.2, -0.15) is 0 Å². The van der Waals surface area contributed by atoms with E-state index in [9.17, 15) is 0 Å². The van der Waals surface area contributed by atoms with Crippen molar-refractivity contribution in [3.8, 4) is 0 Å². The summed E-state index contributed by atoms with van der Waals surface area (Å²) in [5, 5.41) is 5.90. The van der Waals surface area contributed by atoms with Gasteiger partial charge in [-0.15, -0.1) is 0 Å². The Morgan fingerprint density at radius 3 is 1.90 bits per heavy atom. The van der Waals surface area contributed by atoms with Crippen molar-refractivity contribution in [2.75, 3.05) is 0 Å². The van der Waals surface area contributed by atoms with Gasteiger partial charge in [-0.05, 0) is 38.5 Å². The number of hydrogen-bond acceptors (Lipinski definition) is 1. The summed E-state index contributed by atoms with van der Waals surface area (Å²) in [4.78, 5) is 0. The van der Waals surface area contributed by atoms with E-state index < -0.39 is 7.29 Å². The van der Waals surface area contributed by atoms with Crippen molar-refractivity contribution in [2.45, 2.75) is 32.5 Å². The van der Waals surface area contributed by atoms with Crippen molar-refractivity contribution in [3.63, 3.8) is 0 Å². The fraction of sp³-hybridized carbons (Fsp3) is 0.294. The first-order valence-electron chi connectivity index (χ1n) is 6.70. The maximum Gasteiger partial charge on any atom is 0.151 e.